The minimum Gasteiger partial charge on any atom is -0.496 e. The second kappa shape index (κ2) is 5.97. The van der Waals surface area contributed by atoms with E-state index in [1.807, 2.05) is 37.3 Å². The van der Waals surface area contributed by atoms with Gasteiger partial charge in [0.05, 0.1) is 12.7 Å². The first-order chi connectivity index (χ1) is 9.51. The molecular weight excluding hydrogens is 250 g/mol. The van der Waals surface area contributed by atoms with Gasteiger partial charge in [-0.15, -0.1) is 0 Å². The Kier molecular flexibility index (Phi) is 4.30. The van der Waals surface area contributed by atoms with E-state index in [1.165, 1.54) is 11.1 Å². The number of hydrogen-bond donors (Lipinski definition) is 1. The van der Waals surface area contributed by atoms with Crippen molar-refractivity contribution in [2.45, 2.75) is 26.8 Å². The molecule has 0 radical (unpaired) electrons. The van der Waals surface area contributed by atoms with Crippen molar-refractivity contribution in [3.63, 3.8) is 0 Å². The Bertz CT molecular complexity index is 586. The summed E-state index contributed by atoms with van der Waals surface area (Å²) in [6, 6.07) is 11.7. The van der Waals surface area contributed by atoms with Gasteiger partial charge in [0.1, 0.15) is 17.2 Å². The van der Waals surface area contributed by atoms with Gasteiger partial charge in [-0.2, -0.15) is 0 Å². The van der Waals surface area contributed by atoms with Gasteiger partial charge < -0.3 is 15.2 Å². The number of benzene rings is 2. The summed E-state index contributed by atoms with van der Waals surface area (Å²) in [5.41, 5.74) is 9.27. The second-order valence-electron chi connectivity index (χ2n) is 5.09. The molecular formula is C17H21NO2. The first-order valence-corrected chi connectivity index (χ1v) is 6.70. The largest absolute Gasteiger partial charge is 0.496 e. The average Bonchev–Trinajstić information content (AvgIpc) is 2.36. The molecule has 0 aliphatic rings. The van der Waals surface area contributed by atoms with Gasteiger partial charge in [0.25, 0.3) is 0 Å². The van der Waals surface area contributed by atoms with Crippen molar-refractivity contribution in [2.24, 2.45) is 5.73 Å². The molecule has 2 N–H and O–H groups in total. The molecule has 2 rings (SSSR count). The summed E-state index contributed by atoms with van der Waals surface area (Å²) in [7, 11) is 1.64. The lowest BCUT2D eigenvalue weighted by Crippen LogP contribution is -2.08. The quantitative estimate of drug-likeness (QED) is 0.909. The van der Waals surface area contributed by atoms with E-state index in [0.29, 0.717) is 0 Å². The van der Waals surface area contributed by atoms with Crippen molar-refractivity contribution in [1.82, 2.24) is 0 Å². The van der Waals surface area contributed by atoms with Crippen LogP contribution in [0, 0.1) is 13.8 Å². The predicted molar refractivity (Wildman–Crippen MR) is 81.6 cm³/mol. The second-order valence-corrected chi connectivity index (χ2v) is 5.09. The van der Waals surface area contributed by atoms with E-state index < -0.39 is 0 Å². The predicted octanol–water partition coefficient (Wildman–Crippen LogP) is 4.12. The van der Waals surface area contributed by atoms with Gasteiger partial charge in [-0.3, -0.25) is 0 Å². The fourth-order valence-corrected chi connectivity index (χ4v) is 2.36. The fraction of sp³-hybridized carbons (Fsp3) is 0.294. The van der Waals surface area contributed by atoms with Crippen LogP contribution < -0.4 is 15.2 Å². The highest BCUT2D eigenvalue weighted by atomic mass is 16.5. The lowest BCUT2D eigenvalue weighted by atomic mass is 10.1. The highest BCUT2D eigenvalue weighted by Gasteiger charge is 2.15. The Balaban J connectivity index is 2.42. The Morgan fingerprint density at radius 1 is 1.00 bits per heavy atom. The summed E-state index contributed by atoms with van der Waals surface area (Å²) < 4.78 is 11.4. The van der Waals surface area contributed by atoms with E-state index in [0.717, 1.165) is 22.8 Å². The van der Waals surface area contributed by atoms with Gasteiger partial charge in [-0.1, -0.05) is 12.1 Å². The molecule has 0 heterocycles. The highest BCUT2D eigenvalue weighted by Crippen LogP contribution is 2.35. The molecule has 2 aromatic carbocycles. The molecule has 106 valence electrons. The van der Waals surface area contributed by atoms with Crippen LogP contribution in [0.3, 0.4) is 0 Å². The maximum atomic E-state index is 6.04. The third kappa shape index (κ3) is 3.11. The molecule has 1 atom stereocenters. The maximum Gasteiger partial charge on any atom is 0.135 e. The van der Waals surface area contributed by atoms with Crippen LogP contribution in [-0.2, 0) is 0 Å². The summed E-state index contributed by atoms with van der Waals surface area (Å²) in [6.07, 6.45) is 0. The van der Waals surface area contributed by atoms with Crippen LogP contribution in [-0.4, -0.2) is 7.11 Å². The van der Waals surface area contributed by atoms with Gasteiger partial charge >= 0.3 is 0 Å². The van der Waals surface area contributed by atoms with Crippen LogP contribution in [0.5, 0.6) is 17.2 Å². The SMILES string of the molecule is COc1cccc(Oc2cc(C)cc(C)c2)c1[C@@H](C)N. The monoisotopic (exact) mass is 271 g/mol. The molecule has 0 unspecified atom stereocenters. The minimum absolute atomic E-state index is 0.160. The van der Waals surface area contributed by atoms with Gasteiger partial charge in [0.15, 0.2) is 0 Å². The molecule has 0 saturated carbocycles. The van der Waals surface area contributed by atoms with Gasteiger partial charge in [0, 0.05) is 6.04 Å². The van der Waals surface area contributed by atoms with Crippen molar-refractivity contribution in [3.8, 4) is 17.2 Å². The van der Waals surface area contributed by atoms with Crippen LogP contribution in [0.4, 0.5) is 0 Å². The normalized spacial score (nSPS) is 12.1. The standard InChI is InChI=1S/C17H21NO2/c1-11-8-12(2)10-14(9-11)20-16-7-5-6-15(19-4)17(16)13(3)18/h5-10,13H,18H2,1-4H3/t13-/m1/s1. The third-order valence-corrected chi connectivity index (χ3v) is 3.12. The van der Waals surface area contributed by atoms with Crippen molar-refractivity contribution < 1.29 is 9.47 Å². The van der Waals surface area contributed by atoms with Gasteiger partial charge in [-0.25, -0.2) is 0 Å². The molecule has 0 aliphatic heterocycles. The number of methoxy groups -OCH3 is 1. The number of nitrogens with two attached hydrogens (primary N) is 1. The molecule has 0 amide bonds. The molecule has 3 nitrogen and oxygen atoms in total. The van der Waals surface area contributed by atoms with Crippen LogP contribution >= 0.6 is 0 Å². The zero-order chi connectivity index (χ0) is 14.7. The maximum absolute atomic E-state index is 6.04. The molecule has 20 heavy (non-hydrogen) atoms. The summed E-state index contributed by atoms with van der Waals surface area (Å²) in [5, 5.41) is 0. The first kappa shape index (κ1) is 14.4. The third-order valence-electron chi connectivity index (χ3n) is 3.12. The lowest BCUT2D eigenvalue weighted by molar-refractivity contribution is 0.397. The van der Waals surface area contributed by atoms with Crippen molar-refractivity contribution in [3.05, 3.63) is 53.1 Å². The lowest BCUT2D eigenvalue weighted by Gasteiger charge is -2.17. The average molecular weight is 271 g/mol. The molecule has 2 aromatic rings. The topological polar surface area (TPSA) is 44.5 Å². The Labute approximate surface area is 120 Å². The van der Waals surface area contributed by atoms with Crippen molar-refractivity contribution in [1.29, 1.82) is 0 Å². The van der Waals surface area contributed by atoms with Crippen molar-refractivity contribution >= 4 is 0 Å². The number of hydrogen-bond acceptors (Lipinski definition) is 3. The van der Waals surface area contributed by atoms with E-state index in [2.05, 4.69) is 19.9 Å². The zero-order valence-electron chi connectivity index (χ0n) is 12.4. The molecule has 0 spiro atoms. The number of rotatable bonds is 4. The summed E-state index contributed by atoms with van der Waals surface area (Å²) in [4.78, 5) is 0. The summed E-state index contributed by atoms with van der Waals surface area (Å²) >= 11 is 0. The molecule has 0 aromatic heterocycles. The van der Waals surface area contributed by atoms with E-state index >= 15 is 0 Å². The Morgan fingerprint density at radius 3 is 2.15 bits per heavy atom. The van der Waals surface area contributed by atoms with Crippen LogP contribution in [0.1, 0.15) is 29.7 Å². The van der Waals surface area contributed by atoms with Crippen LogP contribution in [0.15, 0.2) is 36.4 Å². The molecule has 3 heteroatoms. The molecule has 0 saturated heterocycles. The zero-order valence-corrected chi connectivity index (χ0v) is 12.4. The Hall–Kier alpha value is -2.00. The smallest absolute Gasteiger partial charge is 0.135 e. The highest BCUT2D eigenvalue weighted by molar-refractivity contribution is 5.49. The van der Waals surface area contributed by atoms with Gasteiger partial charge in [-0.05, 0) is 56.2 Å². The van der Waals surface area contributed by atoms with Crippen LogP contribution in [0.25, 0.3) is 0 Å². The minimum atomic E-state index is -0.160. The van der Waals surface area contributed by atoms with E-state index in [9.17, 15) is 0 Å². The molecule has 0 bridgehead atoms. The van der Waals surface area contributed by atoms with E-state index in [4.69, 9.17) is 15.2 Å². The van der Waals surface area contributed by atoms with E-state index in [-0.39, 0.29) is 6.04 Å². The molecule has 0 fully saturated rings. The van der Waals surface area contributed by atoms with E-state index in [1.54, 1.807) is 7.11 Å². The number of ether oxygens (including phenoxy) is 2. The van der Waals surface area contributed by atoms with Crippen LogP contribution in [0.2, 0.25) is 0 Å². The molecule has 0 aliphatic carbocycles. The fourth-order valence-electron chi connectivity index (χ4n) is 2.36. The first-order valence-electron chi connectivity index (χ1n) is 6.70. The summed E-state index contributed by atoms with van der Waals surface area (Å²) in [6.45, 7) is 6.03. The van der Waals surface area contributed by atoms with Gasteiger partial charge in [0.2, 0.25) is 0 Å². The summed E-state index contributed by atoms with van der Waals surface area (Å²) in [5.74, 6) is 2.31. The van der Waals surface area contributed by atoms with Crippen molar-refractivity contribution in [2.75, 3.05) is 7.11 Å². The number of aryl methyl sites for hydroxylation is 2. The Morgan fingerprint density at radius 2 is 1.60 bits per heavy atom.